The Morgan fingerprint density at radius 1 is 1.61 bits per heavy atom. The van der Waals surface area contributed by atoms with Crippen LogP contribution in [0.15, 0.2) is 17.5 Å². The van der Waals surface area contributed by atoms with Crippen LogP contribution in [0, 0.1) is 0 Å². The minimum atomic E-state index is 0.123. The highest BCUT2D eigenvalue weighted by molar-refractivity contribution is 7.10. The molecule has 2 rings (SSSR count). The van der Waals surface area contributed by atoms with Crippen LogP contribution in [0.1, 0.15) is 44.0 Å². The van der Waals surface area contributed by atoms with Gasteiger partial charge in [-0.15, -0.1) is 11.3 Å². The summed E-state index contributed by atoms with van der Waals surface area (Å²) in [4.78, 5) is 15.5. The van der Waals surface area contributed by atoms with Crippen molar-refractivity contribution in [2.45, 2.75) is 45.2 Å². The molecule has 2 unspecified atom stereocenters. The Labute approximate surface area is 113 Å². The highest BCUT2D eigenvalue weighted by Gasteiger charge is 2.21. The number of nitrogens with zero attached hydrogens (tertiary/aromatic N) is 1. The van der Waals surface area contributed by atoms with E-state index in [0.717, 1.165) is 6.54 Å². The second kappa shape index (κ2) is 6.34. The number of carbonyl (C=O) groups is 1. The van der Waals surface area contributed by atoms with E-state index in [2.05, 4.69) is 23.2 Å². The summed E-state index contributed by atoms with van der Waals surface area (Å²) in [5, 5.41) is 5.13. The third-order valence-electron chi connectivity index (χ3n) is 3.63. The third-order valence-corrected chi connectivity index (χ3v) is 4.69. The first-order valence-corrected chi connectivity index (χ1v) is 7.61. The Hall–Kier alpha value is -0.870. The predicted octanol–water partition coefficient (Wildman–Crippen LogP) is 2.80. The number of hydrogen-bond acceptors (Lipinski definition) is 3. The van der Waals surface area contributed by atoms with Gasteiger partial charge in [0.2, 0.25) is 5.91 Å². The van der Waals surface area contributed by atoms with Crippen LogP contribution in [-0.2, 0) is 4.79 Å². The lowest BCUT2D eigenvalue weighted by atomic mass is 10.0. The number of hydrogen-bond donors (Lipinski definition) is 1. The number of piperidine rings is 1. The van der Waals surface area contributed by atoms with E-state index in [1.165, 1.54) is 24.1 Å². The summed E-state index contributed by atoms with van der Waals surface area (Å²) in [5.74, 6) is 0.143. The lowest BCUT2D eigenvalue weighted by Crippen LogP contribution is -2.44. The highest BCUT2D eigenvalue weighted by atomic mass is 32.1. The normalized spacial score (nSPS) is 22.7. The van der Waals surface area contributed by atoms with Crippen LogP contribution in [-0.4, -0.2) is 29.9 Å². The number of nitrogens with one attached hydrogen (secondary N) is 1. The Morgan fingerprint density at radius 3 is 3.11 bits per heavy atom. The smallest absolute Gasteiger partial charge is 0.234 e. The number of thiophene rings is 1. The molecule has 1 aromatic heterocycles. The van der Waals surface area contributed by atoms with E-state index in [1.54, 1.807) is 11.3 Å². The average molecular weight is 266 g/mol. The van der Waals surface area contributed by atoms with Gasteiger partial charge in [0.05, 0.1) is 12.6 Å². The van der Waals surface area contributed by atoms with Crippen molar-refractivity contribution >= 4 is 17.2 Å². The number of amides is 1. The molecule has 1 N–H and O–H groups in total. The Morgan fingerprint density at radius 2 is 2.44 bits per heavy atom. The molecule has 0 saturated carbocycles. The van der Waals surface area contributed by atoms with Gasteiger partial charge >= 0.3 is 0 Å². The topological polar surface area (TPSA) is 32.3 Å². The highest BCUT2D eigenvalue weighted by Crippen LogP contribution is 2.19. The molecule has 0 aromatic carbocycles. The minimum Gasteiger partial charge on any atom is -0.348 e. The Balaban J connectivity index is 1.81. The maximum absolute atomic E-state index is 12.0. The molecule has 18 heavy (non-hydrogen) atoms. The standard InChI is InChI=1S/C14H22N2OS/c1-11-6-3-4-8-16(11)10-14(17)15-12(2)13-7-5-9-18-13/h5,7,9,11-12H,3-4,6,8,10H2,1-2H3,(H,15,17). The van der Waals surface area contributed by atoms with Gasteiger partial charge < -0.3 is 5.32 Å². The SMILES string of the molecule is CC(NC(=O)CN1CCCCC1C)c1cccs1. The van der Waals surface area contributed by atoms with Gasteiger partial charge in [-0.05, 0) is 44.7 Å². The fourth-order valence-electron chi connectivity index (χ4n) is 2.47. The average Bonchev–Trinajstić information content (AvgIpc) is 2.85. The number of likely N-dealkylation sites (tertiary alicyclic amines) is 1. The van der Waals surface area contributed by atoms with Crippen LogP contribution >= 0.6 is 11.3 Å². The lowest BCUT2D eigenvalue weighted by Gasteiger charge is -2.32. The molecule has 1 amide bonds. The zero-order chi connectivity index (χ0) is 13.0. The van der Waals surface area contributed by atoms with Crippen molar-refractivity contribution in [3.05, 3.63) is 22.4 Å². The van der Waals surface area contributed by atoms with Gasteiger partial charge in [-0.3, -0.25) is 9.69 Å². The molecular formula is C14H22N2OS. The molecule has 100 valence electrons. The van der Waals surface area contributed by atoms with Crippen molar-refractivity contribution < 1.29 is 4.79 Å². The molecule has 0 aliphatic carbocycles. The van der Waals surface area contributed by atoms with Gasteiger partial charge in [-0.2, -0.15) is 0 Å². The van der Waals surface area contributed by atoms with Crippen molar-refractivity contribution in [1.29, 1.82) is 0 Å². The second-order valence-corrected chi connectivity index (χ2v) is 6.10. The molecule has 0 bridgehead atoms. The van der Waals surface area contributed by atoms with E-state index >= 15 is 0 Å². The molecule has 1 saturated heterocycles. The molecule has 0 radical (unpaired) electrons. The molecule has 3 nitrogen and oxygen atoms in total. The molecule has 1 fully saturated rings. The summed E-state index contributed by atoms with van der Waals surface area (Å²) in [6.45, 7) is 5.86. The van der Waals surface area contributed by atoms with Crippen LogP contribution in [0.2, 0.25) is 0 Å². The van der Waals surface area contributed by atoms with E-state index in [-0.39, 0.29) is 11.9 Å². The van der Waals surface area contributed by atoms with Crippen molar-refractivity contribution in [3.8, 4) is 0 Å². The van der Waals surface area contributed by atoms with Gasteiger partial charge in [0, 0.05) is 10.9 Å². The van der Waals surface area contributed by atoms with Crippen molar-refractivity contribution in [1.82, 2.24) is 10.2 Å². The zero-order valence-corrected chi connectivity index (χ0v) is 12.0. The molecular weight excluding hydrogens is 244 g/mol. The first-order chi connectivity index (χ1) is 8.66. The predicted molar refractivity (Wildman–Crippen MR) is 75.8 cm³/mol. The van der Waals surface area contributed by atoms with Crippen molar-refractivity contribution in [2.24, 2.45) is 0 Å². The largest absolute Gasteiger partial charge is 0.348 e. The Kier molecular flexibility index (Phi) is 4.78. The molecule has 0 spiro atoms. The summed E-state index contributed by atoms with van der Waals surface area (Å²) >= 11 is 1.69. The van der Waals surface area contributed by atoms with Gasteiger partial charge in [-0.1, -0.05) is 12.5 Å². The van der Waals surface area contributed by atoms with Gasteiger partial charge in [0.1, 0.15) is 0 Å². The first-order valence-electron chi connectivity index (χ1n) is 6.73. The van der Waals surface area contributed by atoms with Crippen molar-refractivity contribution in [2.75, 3.05) is 13.1 Å². The van der Waals surface area contributed by atoms with Crippen LogP contribution in [0.4, 0.5) is 0 Å². The Bertz CT molecular complexity index is 377. The third kappa shape index (κ3) is 3.56. The monoisotopic (exact) mass is 266 g/mol. The molecule has 2 atom stereocenters. The number of carbonyl (C=O) groups excluding carboxylic acids is 1. The van der Waals surface area contributed by atoms with Crippen LogP contribution in [0.25, 0.3) is 0 Å². The van der Waals surface area contributed by atoms with Gasteiger partial charge in [0.25, 0.3) is 0 Å². The maximum Gasteiger partial charge on any atom is 0.234 e. The fourth-order valence-corrected chi connectivity index (χ4v) is 3.21. The molecule has 1 aliphatic rings. The first kappa shape index (κ1) is 13.6. The van der Waals surface area contributed by atoms with E-state index in [0.29, 0.717) is 12.6 Å². The minimum absolute atomic E-state index is 0.123. The summed E-state index contributed by atoms with van der Waals surface area (Å²) in [5.41, 5.74) is 0. The quantitative estimate of drug-likeness (QED) is 0.909. The van der Waals surface area contributed by atoms with Crippen LogP contribution < -0.4 is 5.32 Å². The lowest BCUT2D eigenvalue weighted by molar-refractivity contribution is -0.123. The number of rotatable bonds is 4. The molecule has 1 aromatic rings. The van der Waals surface area contributed by atoms with Gasteiger partial charge in [-0.25, -0.2) is 0 Å². The van der Waals surface area contributed by atoms with Crippen LogP contribution in [0.3, 0.4) is 0 Å². The van der Waals surface area contributed by atoms with E-state index in [9.17, 15) is 4.79 Å². The van der Waals surface area contributed by atoms with Crippen LogP contribution in [0.5, 0.6) is 0 Å². The molecule has 2 heterocycles. The summed E-state index contributed by atoms with van der Waals surface area (Å²) in [6.07, 6.45) is 3.73. The summed E-state index contributed by atoms with van der Waals surface area (Å²) in [6, 6.07) is 4.76. The molecule has 4 heteroatoms. The second-order valence-electron chi connectivity index (χ2n) is 5.12. The molecule has 1 aliphatic heterocycles. The van der Waals surface area contributed by atoms with E-state index in [4.69, 9.17) is 0 Å². The maximum atomic E-state index is 12.0. The summed E-state index contributed by atoms with van der Waals surface area (Å²) in [7, 11) is 0. The fraction of sp³-hybridized carbons (Fsp3) is 0.643. The van der Waals surface area contributed by atoms with Gasteiger partial charge in [0.15, 0.2) is 0 Å². The summed E-state index contributed by atoms with van der Waals surface area (Å²) < 4.78 is 0. The van der Waals surface area contributed by atoms with Crippen molar-refractivity contribution in [3.63, 3.8) is 0 Å². The van der Waals surface area contributed by atoms with E-state index in [1.807, 2.05) is 18.4 Å². The zero-order valence-electron chi connectivity index (χ0n) is 11.2. The van der Waals surface area contributed by atoms with E-state index < -0.39 is 0 Å².